The Kier molecular flexibility index (Phi) is 7.26. The lowest BCUT2D eigenvalue weighted by molar-refractivity contribution is 0.0484. The number of hydrogen-bond donors (Lipinski definition) is 1. The van der Waals surface area contributed by atoms with E-state index in [2.05, 4.69) is 4.98 Å². The molecule has 8 heteroatoms. The minimum absolute atomic E-state index is 0.0274. The number of carboxylic acids is 1. The van der Waals surface area contributed by atoms with E-state index in [1.54, 1.807) is 18.2 Å². The van der Waals surface area contributed by atoms with E-state index in [1.165, 1.54) is 18.4 Å². The number of carbonyl (C=O) groups is 1. The number of nitrogens with zero attached hydrogens (tertiary/aromatic N) is 1. The second-order valence-electron chi connectivity index (χ2n) is 6.13. The highest BCUT2D eigenvalue weighted by molar-refractivity contribution is 7.13. The van der Waals surface area contributed by atoms with Crippen molar-refractivity contribution in [1.82, 2.24) is 4.98 Å². The van der Waals surface area contributed by atoms with Gasteiger partial charge in [0.1, 0.15) is 16.3 Å². The van der Waals surface area contributed by atoms with E-state index in [0.29, 0.717) is 36.0 Å². The fourth-order valence-corrected chi connectivity index (χ4v) is 3.65. The van der Waals surface area contributed by atoms with Crippen LogP contribution in [0.15, 0.2) is 41.8 Å². The molecule has 158 valence electrons. The summed E-state index contributed by atoms with van der Waals surface area (Å²) in [6, 6.07) is 10.6. The molecule has 0 aliphatic heterocycles. The molecule has 0 spiro atoms. The first-order chi connectivity index (χ1) is 14.6. The Morgan fingerprint density at radius 3 is 2.37 bits per heavy atom. The van der Waals surface area contributed by atoms with Crippen LogP contribution < -0.4 is 14.2 Å². The van der Waals surface area contributed by atoms with Gasteiger partial charge in [-0.25, -0.2) is 9.78 Å². The summed E-state index contributed by atoms with van der Waals surface area (Å²) in [6.07, 6.45) is 0. The van der Waals surface area contributed by atoms with E-state index in [4.69, 9.17) is 18.9 Å². The van der Waals surface area contributed by atoms with Crippen LogP contribution in [0, 0.1) is 0 Å². The number of hydrogen-bond acceptors (Lipinski definition) is 7. The molecule has 0 aliphatic carbocycles. The van der Waals surface area contributed by atoms with E-state index >= 15 is 0 Å². The number of methoxy groups -OCH3 is 1. The predicted octanol–water partition coefficient (Wildman–Crippen LogP) is 4.96. The third-order valence-electron chi connectivity index (χ3n) is 4.13. The summed E-state index contributed by atoms with van der Waals surface area (Å²) < 4.78 is 21.5. The Labute approximate surface area is 178 Å². The maximum atomic E-state index is 11.6. The lowest BCUT2D eigenvalue weighted by atomic mass is 10.1. The monoisotopic (exact) mass is 429 g/mol. The molecule has 1 N–H and O–H groups in total. The summed E-state index contributed by atoms with van der Waals surface area (Å²) in [5.74, 6) is 0.529. The molecule has 30 heavy (non-hydrogen) atoms. The molecule has 1 aromatic heterocycles. The van der Waals surface area contributed by atoms with Gasteiger partial charge in [-0.2, -0.15) is 0 Å². The Morgan fingerprint density at radius 1 is 0.967 bits per heavy atom. The highest BCUT2D eigenvalue weighted by atomic mass is 32.1. The third-order valence-corrected chi connectivity index (χ3v) is 5.02. The summed E-state index contributed by atoms with van der Waals surface area (Å²) in [5.41, 5.74) is 2.33. The smallest absolute Gasteiger partial charge is 0.339 e. The first kappa shape index (κ1) is 21.6. The minimum atomic E-state index is -1.08. The van der Waals surface area contributed by atoms with E-state index < -0.39 is 5.97 Å². The van der Waals surface area contributed by atoms with Crippen molar-refractivity contribution in [3.05, 3.63) is 47.3 Å². The highest BCUT2D eigenvalue weighted by Gasteiger charge is 2.16. The third kappa shape index (κ3) is 4.90. The Hall–Kier alpha value is -3.10. The maximum absolute atomic E-state index is 11.6. The SMILES string of the molecule is CCOc1ccc(-c2nc(-c3ccc(OCOC)c(C(=O)O)c3)cs2)cc1OCC. The number of aromatic carboxylic acids is 1. The van der Waals surface area contributed by atoms with Crippen molar-refractivity contribution in [2.45, 2.75) is 13.8 Å². The van der Waals surface area contributed by atoms with Gasteiger partial charge < -0.3 is 24.1 Å². The van der Waals surface area contributed by atoms with Crippen LogP contribution in [-0.2, 0) is 4.74 Å². The fraction of sp³-hybridized carbons (Fsp3) is 0.273. The van der Waals surface area contributed by atoms with Gasteiger partial charge in [0.2, 0.25) is 0 Å². The largest absolute Gasteiger partial charge is 0.490 e. The molecule has 0 saturated carbocycles. The van der Waals surface area contributed by atoms with Crippen LogP contribution in [0.5, 0.6) is 17.2 Å². The highest BCUT2D eigenvalue weighted by Crippen LogP contribution is 2.36. The molecule has 0 amide bonds. The molecular weight excluding hydrogens is 406 g/mol. The summed E-state index contributed by atoms with van der Waals surface area (Å²) in [7, 11) is 1.48. The fourth-order valence-electron chi connectivity index (χ4n) is 2.83. The van der Waals surface area contributed by atoms with Crippen molar-refractivity contribution in [3.8, 4) is 39.1 Å². The zero-order valence-electron chi connectivity index (χ0n) is 17.0. The molecule has 2 aromatic carbocycles. The molecule has 0 radical (unpaired) electrons. The molecule has 0 bridgehead atoms. The van der Waals surface area contributed by atoms with E-state index in [0.717, 1.165) is 10.6 Å². The summed E-state index contributed by atoms with van der Waals surface area (Å²) >= 11 is 1.47. The van der Waals surface area contributed by atoms with Gasteiger partial charge in [-0.3, -0.25) is 0 Å². The topological polar surface area (TPSA) is 87.1 Å². The quantitative estimate of drug-likeness (QED) is 0.456. The average Bonchev–Trinajstić information content (AvgIpc) is 3.24. The van der Waals surface area contributed by atoms with Gasteiger partial charge in [-0.15, -0.1) is 11.3 Å². The minimum Gasteiger partial charge on any atom is -0.490 e. The van der Waals surface area contributed by atoms with Crippen LogP contribution >= 0.6 is 11.3 Å². The van der Waals surface area contributed by atoms with Crippen LogP contribution in [0.1, 0.15) is 24.2 Å². The van der Waals surface area contributed by atoms with E-state index in [1.807, 2.05) is 37.4 Å². The van der Waals surface area contributed by atoms with Crippen LogP contribution in [0.2, 0.25) is 0 Å². The summed E-state index contributed by atoms with van der Waals surface area (Å²) in [5, 5.41) is 12.2. The second kappa shape index (κ2) is 10.1. The molecule has 3 aromatic rings. The molecular formula is C22H23NO6S. The molecule has 1 heterocycles. The maximum Gasteiger partial charge on any atom is 0.339 e. The first-order valence-corrected chi connectivity index (χ1v) is 10.3. The molecule has 0 aliphatic rings. The van der Waals surface area contributed by atoms with Crippen molar-refractivity contribution in [2.24, 2.45) is 0 Å². The Balaban J connectivity index is 1.92. The van der Waals surface area contributed by atoms with Gasteiger partial charge in [0.15, 0.2) is 18.3 Å². The lowest BCUT2D eigenvalue weighted by Gasteiger charge is -2.11. The lowest BCUT2D eigenvalue weighted by Crippen LogP contribution is -2.05. The zero-order valence-corrected chi connectivity index (χ0v) is 17.8. The second-order valence-corrected chi connectivity index (χ2v) is 6.99. The van der Waals surface area contributed by atoms with Crippen LogP contribution in [0.3, 0.4) is 0 Å². The molecule has 3 rings (SSSR count). The Bertz CT molecular complexity index is 1020. The van der Waals surface area contributed by atoms with Crippen molar-refractivity contribution < 1.29 is 28.8 Å². The van der Waals surface area contributed by atoms with Crippen molar-refractivity contribution in [1.29, 1.82) is 0 Å². The summed E-state index contributed by atoms with van der Waals surface area (Å²) in [4.78, 5) is 16.3. The van der Waals surface area contributed by atoms with Crippen LogP contribution in [0.4, 0.5) is 0 Å². The van der Waals surface area contributed by atoms with Crippen molar-refractivity contribution >= 4 is 17.3 Å². The molecule has 0 fully saturated rings. The van der Waals surface area contributed by atoms with E-state index in [9.17, 15) is 9.90 Å². The van der Waals surface area contributed by atoms with Gasteiger partial charge >= 0.3 is 5.97 Å². The first-order valence-electron chi connectivity index (χ1n) is 9.42. The van der Waals surface area contributed by atoms with Gasteiger partial charge in [0.05, 0.1) is 18.9 Å². The normalized spacial score (nSPS) is 10.6. The standard InChI is InChI=1S/C22H23NO6S/c1-4-27-19-9-7-15(11-20(19)28-5-2)21-23-17(12-30-21)14-6-8-18(29-13-26-3)16(10-14)22(24)25/h6-12H,4-5,13H2,1-3H3,(H,24,25). The van der Waals surface area contributed by atoms with Gasteiger partial charge in [-0.05, 0) is 50.2 Å². The average molecular weight is 429 g/mol. The van der Waals surface area contributed by atoms with Gasteiger partial charge in [0, 0.05) is 23.6 Å². The number of thiazole rings is 1. The van der Waals surface area contributed by atoms with Crippen molar-refractivity contribution in [2.75, 3.05) is 27.1 Å². The number of rotatable bonds is 10. The van der Waals surface area contributed by atoms with Gasteiger partial charge in [-0.1, -0.05) is 0 Å². The number of aromatic nitrogens is 1. The molecule has 7 nitrogen and oxygen atoms in total. The molecule has 0 unspecified atom stereocenters. The summed E-state index contributed by atoms with van der Waals surface area (Å²) in [6.45, 7) is 4.90. The number of benzene rings is 2. The Morgan fingerprint density at radius 2 is 1.67 bits per heavy atom. The van der Waals surface area contributed by atoms with E-state index in [-0.39, 0.29) is 18.1 Å². The van der Waals surface area contributed by atoms with Crippen LogP contribution in [-0.4, -0.2) is 43.2 Å². The number of ether oxygens (including phenoxy) is 4. The zero-order chi connectivity index (χ0) is 21.5. The van der Waals surface area contributed by atoms with Crippen LogP contribution in [0.25, 0.3) is 21.8 Å². The molecule has 0 atom stereocenters. The van der Waals surface area contributed by atoms with Crippen molar-refractivity contribution in [3.63, 3.8) is 0 Å². The predicted molar refractivity (Wildman–Crippen MR) is 115 cm³/mol. The molecule has 0 saturated heterocycles. The van der Waals surface area contributed by atoms with Gasteiger partial charge in [0.25, 0.3) is 0 Å². The number of carboxylic acid groups (broad SMARTS) is 1.